The molecule has 1 aromatic heterocycles. The first-order chi connectivity index (χ1) is 11.1. The number of carbonyl (C=O) groups is 1. The average molecular weight is 310 g/mol. The zero-order chi connectivity index (χ0) is 16.2. The summed E-state index contributed by atoms with van der Waals surface area (Å²) >= 11 is 0. The van der Waals surface area contributed by atoms with Gasteiger partial charge in [0.2, 0.25) is 0 Å². The number of ether oxygens (including phenoxy) is 1. The van der Waals surface area contributed by atoms with E-state index in [2.05, 4.69) is 9.97 Å². The van der Waals surface area contributed by atoms with Crippen LogP contribution in [0.1, 0.15) is 17.0 Å². The van der Waals surface area contributed by atoms with Crippen molar-refractivity contribution in [2.24, 2.45) is 0 Å². The van der Waals surface area contributed by atoms with Crippen molar-refractivity contribution in [3.8, 4) is 0 Å². The molecule has 0 amide bonds. The summed E-state index contributed by atoms with van der Waals surface area (Å²) in [6, 6.07) is 13.7. The topological polar surface area (TPSA) is 52.1 Å². The van der Waals surface area contributed by atoms with Crippen molar-refractivity contribution in [3.05, 3.63) is 71.3 Å². The Balaban J connectivity index is 1.69. The van der Waals surface area contributed by atoms with Gasteiger partial charge in [-0.05, 0) is 30.7 Å². The normalized spacial score (nSPS) is 10.7. The minimum atomic E-state index is -0.496. The number of hydrogen-bond donors (Lipinski definition) is 0. The van der Waals surface area contributed by atoms with Crippen LogP contribution in [0.3, 0.4) is 0 Å². The molecule has 0 atom stereocenters. The Morgan fingerprint density at radius 3 is 2.43 bits per heavy atom. The van der Waals surface area contributed by atoms with E-state index in [4.69, 9.17) is 4.74 Å². The molecule has 3 rings (SSSR count). The van der Waals surface area contributed by atoms with Crippen LogP contribution in [0.15, 0.2) is 48.5 Å². The van der Waals surface area contributed by atoms with E-state index >= 15 is 0 Å². The number of carbonyl (C=O) groups excluding carboxylic acids is 1. The third-order valence-electron chi connectivity index (χ3n) is 3.51. The lowest BCUT2D eigenvalue weighted by Crippen LogP contribution is -2.11. The Kier molecular flexibility index (Phi) is 4.28. The van der Waals surface area contributed by atoms with E-state index < -0.39 is 11.8 Å². The highest BCUT2D eigenvalue weighted by atomic mass is 19.1. The van der Waals surface area contributed by atoms with Crippen LogP contribution in [-0.4, -0.2) is 15.9 Å². The van der Waals surface area contributed by atoms with Crippen molar-refractivity contribution in [2.75, 3.05) is 0 Å². The molecule has 2 aromatic carbocycles. The Labute approximate surface area is 133 Å². The van der Waals surface area contributed by atoms with Gasteiger partial charge in [-0.1, -0.05) is 30.3 Å². The van der Waals surface area contributed by atoms with Gasteiger partial charge < -0.3 is 4.74 Å². The molecule has 1 heterocycles. The first-order valence-corrected chi connectivity index (χ1v) is 7.25. The van der Waals surface area contributed by atoms with Crippen LogP contribution in [0.4, 0.5) is 4.39 Å². The van der Waals surface area contributed by atoms with E-state index in [1.165, 1.54) is 6.07 Å². The maximum Gasteiger partial charge on any atom is 0.310 e. The summed E-state index contributed by atoms with van der Waals surface area (Å²) in [7, 11) is 0. The molecule has 0 bridgehead atoms. The van der Waals surface area contributed by atoms with Crippen LogP contribution in [-0.2, 0) is 22.6 Å². The molecule has 0 N–H and O–H groups in total. The lowest BCUT2D eigenvalue weighted by atomic mass is 10.1. The number of nitrogens with zero attached hydrogens (tertiary/aromatic N) is 2. The van der Waals surface area contributed by atoms with Crippen molar-refractivity contribution in [1.82, 2.24) is 9.97 Å². The molecule has 0 saturated carbocycles. The number of rotatable bonds is 4. The molecular formula is C18H15FN2O2. The van der Waals surface area contributed by atoms with Crippen LogP contribution in [0.25, 0.3) is 11.0 Å². The van der Waals surface area contributed by atoms with Crippen molar-refractivity contribution < 1.29 is 13.9 Å². The van der Waals surface area contributed by atoms with E-state index in [9.17, 15) is 9.18 Å². The summed E-state index contributed by atoms with van der Waals surface area (Å²) in [5, 5.41) is 0. The maximum absolute atomic E-state index is 13.5. The third-order valence-corrected chi connectivity index (χ3v) is 3.51. The van der Waals surface area contributed by atoms with Gasteiger partial charge >= 0.3 is 5.97 Å². The molecule has 0 saturated heterocycles. The fourth-order valence-corrected chi connectivity index (χ4v) is 2.26. The highest BCUT2D eigenvalue weighted by Gasteiger charge is 2.11. The first kappa shape index (κ1) is 15.1. The number of fused-ring (bicyclic) bond motifs is 1. The van der Waals surface area contributed by atoms with Crippen LogP contribution in [0.2, 0.25) is 0 Å². The first-order valence-electron chi connectivity index (χ1n) is 7.25. The second-order valence-corrected chi connectivity index (χ2v) is 5.17. The van der Waals surface area contributed by atoms with E-state index in [-0.39, 0.29) is 13.0 Å². The summed E-state index contributed by atoms with van der Waals surface area (Å²) in [5.74, 6) is -0.907. The summed E-state index contributed by atoms with van der Waals surface area (Å²) in [6.45, 7) is 1.84. The van der Waals surface area contributed by atoms with Gasteiger partial charge in [0, 0.05) is 0 Å². The number of hydrogen-bond acceptors (Lipinski definition) is 4. The van der Waals surface area contributed by atoms with Crippen LogP contribution in [0.5, 0.6) is 0 Å². The average Bonchev–Trinajstić information content (AvgIpc) is 2.55. The quantitative estimate of drug-likeness (QED) is 0.693. The molecular weight excluding hydrogens is 295 g/mol. The Morgan fingerprint density at radius 2 is 1.70 bits per heavy atom. The molecule has 3 aromatic rings. The number of para-hydroxylation sites is 2. The molecule has 5 heteroatoms. The zero-order valence-corrected chi connectivity index (χ0v) is 12.6. The molecule has 0 radical (unpaired) electrons. The lowest BCUT2D eigenvalue weighted by Gasteiger charge is -2.08. The van der Waals surface area contributed by atoms with E-state index in [0.717, 1.165) is 11.0 Å². The van der Waals surface area contributed by atoms with Crippen LogP contribution in [0, 0.1) is 12.7 Å². The number of esters is 1. The number of aryl methyl sites for hydroxylation is 1. The summed E-state index contributed by atoms with van der Waals surface area (Å²) in [5.41, 5.74) is 3.18. The van der Waals surface area contributed by atoms with Crippen molar-refractivity contribution in [2.45, 2.75) is 20.0 Å². The lowest BCUT2D eigenvalue weighted by molar-refractivity contribution is -0.144. The van der Waals surface area contributed by atoms with Crippen molar-refractivity contribution in [3.63, 3.8) is 0 Å². The highest BCUT2D eigenvalue weighted by Crippen LogP contribution is 2.14. The van der Waals surface area contributed by atoms with Gasteiger partial charge in [0.05, 0.1) is 28.8 Å². The molecule has 0 unspecified atom stereocenters. The minimum Gasteiger partial charge on any atom is -0.459 e. The van der Waals surface area contributed by atoms with E-state index in [0.29, 0.717) is 17.0 Å². The Morgan fingerprint density at radius 1 is 1.04 bits per heavy atom. The van der Waals surface area contributed by atoms with Crippen LogP contribution < -0.4 is 0 Å². The zero-order valence-electron chi connectivity index (χ0n) is 12.6. The number of aromatic nitrogens is 2. The molecule has 4 nitrogen and oxygen atoms in total. The molecule has 0 aliphatic rings. The Hall–Kier alpha value is -2.82. The second-order valence-electron chi connectivity index (χ2n) is 5.17. The van der Waals surface area contributed by atoms with Gasteiger partial charge in [-0.2, -0.15) is 0 Å². The van der Waals surface area contributed by atoms with Crippen molar-refractivity contribution in [1.29, 1.82) is 0 Å². The van der Waals surface area contributed by atoms with E-state index in [1.54, 1.807) is 18.2 Å². The van der Waals surface area contributed by atoms with Gasteiger partial charge in [0.15, 0.2) is 0 Å². The highest BCUT2D eigenvalue weighted by molar-refractivity contribution is 5.74. The SMILES string of the molecule is Cc1nc2ccccc2nc1COC(=O)Cc1ccccc1F. The van der Waals surface area contributed by atoms with Crippen molar-refractivity contribution >= 4 is 17.0 Å². The third kappa shape index (κ3) is 3.51. The molecule has 0 aliphatic carbocycles. The smallest absolute Gasteiger partial charge is 0.310 e. The fraction of sp³-hybridized carbons (Fsp3) is 0.167. The van der Waals surface area contributed by atoms with Gasteiger partial charge in [0.1, 0.15) is 12.4 Å². The number of benzene rings is 2. The predicted molar refractivity (Wildman–Crippen MR) is 84.2 cm³/mol. The van der Waals surface area contributed by atoms with Gasteiger partial charge in [-0.3, -0.25) is 4.79 Å². The number of halogens is 1. The Bertz CT molecular complexity index is 865. The van der Waals surface area contributed by atoms with Crippen LogP contribution >= 0.6 is 0 Å². The monoisotopic (exact) mass is 310 g/mol. The molecule has 0 aliphatic heterocycles. The van der Waals surface area contributed by atoms with Gasteiger partial charge in [0.25, 0.3) is 0 Å². The fourth-order valence-electron chi connectivity index (χ4n) is 2.26. The van der Waals surface area contributed by atoms with Gasteiger partial charge in [-0.25, -0.2) is 14.4 Å². The molecule has 116 valence electrons. The second kappa shape index (κ2) is 6.52. The molecule has 23 heavy (non-hydrogen) atoms. The molecule has 0 spiro atoms. The largest absolute Gasteiger partial charge is 0.459 e. The van der Waals surface area contributed by atoms with E-state index in [1.807, 2.05) is 31.2 Å². The summed E-state index contributed by atoms with van der Waals surface area (Å²) in [4.78, 5) is 20.8. The predicted octanol–water partition coefficient (Wildman–Crippen LogP) is 3.36. The maximum atomic E-state index is 13.5. The summed E-state index contributed by atoms with van der Waals surface area (Å²) < 4.78 is 18.7. The molecule has 0 fully saturated rings. The van der Waals surface area contributed by atoms with Gasteiger partial charge in [-0.15, -0.1) is 0 Å². The summed E-state index contributed by atoms with van der Waals surface area (Å²) in [6.07, 6.45) is -0.104. The minimum absolute atomic E-state index is 0.0248. The standard InChI is InChI=1S/C18H15FN2O2/c1-12-17(21-16-9-5-4-8-15(16)20-12)11-23-18(22)10-13-6-2-3-7-14(13)19/h2-9H,10-11H2,1H3.